The van der Waals surface area contributed by atoms with Crippen molar-refractivity contribution in [3.63, 3.8) is 0 Å². The summed E-state index contributed by atoms with van der Waals surface area (Å²) >= 11 is 0. The summed E-state index contributed by atoms with van der Waals surface area (Å²) in [6.07, 6.45) is 5.77. The highest BCUT2D eigenvalue weighted by molar-refractivity contribution is 5.77. The molecule has 0 saturated carbocycles. The SMILES string of the molecule is O=C(COc1ccccc1Cc1ccccc1)NCCCN1CCCCC1. The van der Waals surface area contributed by atoms with Crippen LogP contribution in [-0.2, 0) is 11.2 Å². The van der Waals surface area contributed by atoms with Crippen LogP contribution >= 0.6 is 0 Å². The predicted molar refractivity (Wildman–Crippen MR) is 109 cm³/mol. The van der Waals surface area contributed by atoms with Gasteiger partial charge in [-0.3, -0.25) is 4.79 Å². The van der Waals surface area contributed by atoms with Gasteiger partial charge in [0.15, 0.2) is 6.61 Å². The Bertz CT molecular complexity index is 697. The third kappa shape index (κ3) is 6.72. The van der Waals surface area contributed by atoms with Crippen LogP contribution in [0.5, 0.6) is 5.75 Å². The van der Waals surface area contributed by atoms with Crippen LogP contribution < -0.4 is 10.1 Å². The van der Waals surface area contributed by atoms with E-state index in [2.05, 4.69) is 28.4 Å². The Balaban J connectivity index is 1.39. The van der Waals surface area contributed by atoms with Crippen molar-refractivity contribution in [3.05, 3.63) is 65.7 Å². The number of ether oxygens (including phenoxy) is 1. The normalized spacial score (nSPS) is 14.7. The number of nitrogens with zero attached hydrogens (tertiary/aromatic N) is 1. The topological polar surface area (TPSA) is 41.6 Å². The fraction of sp³-hybridized carbons (Fsp3) is 0.435. The highest BCUT2D eigenvalue weighted by atomic mass is 16.5. The van der Waals surface area contributed by atoms with Gasteiger partial charge in [0.25, 0.3) is 5.91 Å². The van der Waals surface area contributed by atoms with Gasteiger partial charge in [-0.05, 0) is 56.1 Å². The number of amides is 1. The van der Waals surface area contributed by atoms with Crippen molar-refractivity contribution < 1.29 is 9.53 Å². The van der Waals surface area contributed by atoms with Gasteiger partial charge in [0.2, 0.25) is 0 Å². The molecule has 0 atom stereocenters. The standard InChI is InChI=1S/C23H30N2O2/c26-23(24-14-9-17-25-15-7-2-8-16-25)19-27-22-13-6-5-12-21(22)18-20-10-3-1-4-11-20/h1,3-6,10-13H,2,7-9,14-19H2,(H,24,26). The second-order valence-corrected chi connectivity index (χ2v) is 7.16. The Kier molecular flexibility index (Phi) is 7.72. The van der Waals surface area contributed by atoms with Crippen molar-refractivity contribution in [2.75, 3.05) is 32.8 Å². The summed E-state index contributed by atoms with van der Waals surface area (Å²) < 4.78 is 5.80. The van der Waals surface area contributed by atoms with E-state index in [0.717, 1.165) is 30.7 Å². The summed E-state index contributed by atoms with van der Waals surface area (Å²) in [6.45, 7) is 4.26. The Morgan fingerprint density at radius 2 is 1.70 bits per heavy atom. The van der Waals surface area contributed by atoms with Crippen LogP contribution in [0, 0.1) is 0 Å². The van der Waals surface area contributed by atoms with Gasteiger partial charge in [-0.1, -0.05) is 55.0 Å². The van der Waals surface area contributed by atoms with Crippen molar-refractivity contribution in [2.24, 2.45) is 0 Å². The zero-order valence-corrected chi connectivity index (χ0v) is 16.0. The van der Waals surface area contributed by atoms with Crippen LogP contribution in [0.1, 0.15) is 36.8 Å². The zero-order valence-electron chi connectivity index (χ0n) is 16.0. The van der Waals surface area contributed by atoms with E-state index < -0.39 is 0 Å². The quantitative estimate of drug-likeness (QED) is 0.689. The molecular weight excluding hydrogens is 336 g/mol. The van der Waals surface area contributed by atoms with E-state index >= 15 is 0 Å². The predicted octanol–water partition coefficient (Wildman–Crippen LogP) is 3.65. The van der Waals surface area contributed by atoms with Crippen molar-refractivity contribution in [1.29, 1.82) is 0 Å². The van der Waals surface area contributed by atoms with E-state index in [0.29, 0.717) is 6.54 Å². The molecule has 0 unspecified atom stereocenters. The second kappa shape index (κ2) is 10.7. The van der Waals surface area contributed by atoms with E-state index in [-0.39, 0.29) is 12.5 Å². The number of hydrogen-bond donors (Lipinski definition) is 1. The average Bonchev–Trinajstić information content (AvgIpc) is 2.72. The minimum atomic E-state index is -0.0526. The lowest BCUT2D eigenvalue weighted by Gasteiger charge is -2.26. The lowest BCUT2D eigenvalue weighted by Crippen LogP contribution is -2.34. The fourth-order valence-electron chi connectivity index (χ4n) is 3.51. The molecule has 2 aromatic rings. The van der Waals surface area contributed by atoms with Crippen molar-refractivity contribution >= 4 is 5.91 Å². The highest BCUT2D eigenvalue weighted by Crippen LogP contribution is 2.21. The molecule has 1 aliphatic heterocycles. The van der Waals surface area contributed by atoms with E-state index in [1.165, 1.54) is 37.9 Å². The first-order chi connectivity index (χ1) is 13.3. The highest BCUT2D eigenvalue weighted by Gasteiger charge is 2.10. The summed E-state index contributed by atoms with van der Waals surface area (Å²) in [5.41, 5.74) is 2.33. The van der Waals surface area contributed by atoms with Gasteiger partial charge in [0.05, 0.1) is 0 Å². The number of carbonyl (C=O) groups is 1. The first kappa shape index (κ1) is 19.4. The monoisotopic (exact) mass is 366 g/mol. The van der Waals surface area contributed by atoms with E-state index in [4.69, 9.17) is 4.74 Å². The number of para-hydroxylation sites is 1. The van der Waals surface area contributed by atoms with Crippen LogP contribution in [0.25, 0.3) is 0 Å². The van der Waals surface area contributed by atoms with Gasteiger partial charge >= 0.3 is 0 Å². The summed E-state index contributed by atoms with van der Waals surface area (Å²) in [5, 5.41) is 2.97. The molecule has 1 amide bonds. The van der Waals surface area contributed by atoms with Crippen molar-refractivity contribution in [1.82, 2.24) is 10.2 Å². The van der Waals surface area contributed by atoms with E-state index in [9.17, 15) is 4.79 Å². The molecule has 27 heavy (non-hydrogen) atoms. The van der Waals surface area contributed by atoms with Gasteiger partial charge in [0, 0.05) is 13.0 Å². The summed E-state index contributed by atoms with van der Waals surface area (Å²) in [5.74, 6) is 0.730. The molecule has 0 aromatic heterocycles. The Morgan fingerprint density at radius 1 is 0.963 bits per heavy atom. The molecule has 0 spiro atoms. The summed E-state index contributed by atoms with van der Waals surface area (Å²) in [4.78, 5) is 14.6. The summed E-state index contributed by atoms with van der Waals surface area (Å²) in [6, 6.07) is 18.2. The average molecular weight is 367 g/mol. The van der Waals surface area contributed by atoms with Gasteiger partial charge < -0.3 is 15.0 Å². The third-order valence-electron chi connectivity index (χ3n) is 4.99. The number of carbonyl (C=O) groups excluding carboxylic acids is 1. The lowest BCUT2D eigenvalue weighted by atomic mass is 10.0. The molecule has 1 heterocycles. The van der Waals surface area contributed by atoms with Crippen LogP contribution in [0.4, 0.5) is 0 Å². The Labute approximate surface area is 162 Å². The minimum absolute atomic E-state index is 0.0526. The lowest BCUT2D eigenvalue weighted by molar-refractivity contribution is -0.123. The van der Waals surface area contributed by atoms with Crippen molar-refractivity contribution in [3.8, 4) is 5.75 Å². The molecule has 1 fully saturated rings. The second-order valence-electron chi connectivity index (χ2n) is 7.16. The number of likely N-dealkylation sites (tertiary alicyclic amines) is 1. The number of hydrogen-bond acceptors (Lipinski definition) is 3. The molecule has 4 nitrogen and oxygen atoms in total. The molecule has 1 N–H and O–H groups in total. The Morgan fingerprint density at radius 3 is 2.52 bits per heavy atom. The van der Waals surface area contributed by atoms with Crippen LogP contribution in [-0.4, -0.2) is 43.6 Å². The smallest absolute Gasteiger partial charge is 0.257 e. The molecule has 2 aromatic carbocycles. The van der Waals surface area contributed by atoms with Crippen molar-refractivity contribution in [2.45, 2.75) is 32.1 Å². The maximum atomic E-state index is 12.1. The molecule has 1 aliphatic rings. The number of nitrogens with one attached hydrogen (secondary N) is 1. The Hall–Kier alpha value is -2.33. The zero-order chi connectivity index (χ0) is 18.7. The summed E-state index contributed by atoms with van der Waals surface area (Å²) in [7, 11) is 0. The molecule has 3 rings (SSSR count). The molecule has 4 heteroatoms. The molecule has 0 bridgehead atoms. The number of piperidine rings is 1. The first-order valence-electron chi connectivity index (χ1n) is 10.0. The van der Waals surface area contributed by atoms with Gasteiger partial charge in [-0.25, -0.2) is 0 Å². The van der Waals surface area contributed by atoms with E-state index in [1.54, 1.807) is 0 Å². The maximum absolute atomic E-state index is 12.1. The van der Waals surface area contributed by atoms with Gasteiger partial charge in [-0.2, -0.15) is 0 Å². The number of benzene rings is 2. The first-order valence-corrected chi connectivity index (χ1v) is 10.0. The third-order valence-corrected chi connectivity index (χ3v) is 4.99. The van der Waals surface area contributed by atoms with Gasteiger partial charge in [-0.15, -0.1) is 0 Å². The largest absolute Gasteiger partial charge is 0.483 e. The fourth-order valence-corrected chi connectivity index (χ4v) is 3.51. The minimum Gasteiger partial charge on any atom is -0.483 e. The van der Waals surface area contributed by atoms with Crippen LogP contribution in [0.3, 0.4) is 0 Å². The molecule has 0 radical (unpaired) electrons. The van der Waals surface area contributed by atoms with Gasteiger partial charge in [0.1, 0.15) is 5.75 Å². The maximum Gasteiger partial charge on any atom is 0.257 e. The molecular formula is C23H30N2O2. The molecule has 0 aliphatic carbocycles. The van der Waals surface area contributed by atoms with E-state index in [1.807, 2.05) is 36.4 Å². The molecule has 144 valence electrons. The molecule has 1 saturated heterocycles. The number of rotatable bonds is 9. The van der Waals surface area contributed by atoms with Crippen LogP contribution in [0.2, 0.25) is 0 Å². The van der Waals surface area contributed by atoms with Crippen LogP contribution in [0.15, 0.2) is 54.6 Å².